The molecule has 22 heavy (non-hydrogen) atoms. The van der Waals surface area contributed by atoms with Crippen LogP contribution in [0.15, 0.2) is 30.3 Å². The maximum atomic E-state index is 12.6. The van der Waals surface area contributed by atoms with Crippen molar-refractivity contribution < 1.29 is 14.7 Å². The molecular weight excluding hydrogens is 278 g/mol. The number of nitrogens with one attached hydrogen (secondary N) is 1. The Morgan fingerprint density at radius 2 is 1.82 bits per heavy atom. The molecule has 0 spiro atoms. The Labute approximate surface area is 131 Å². The van der Waals surface area contributed by atoms with Crippen LogP contribution in [-0.4, -0.2) is 11.9 Å². The Hall–Kier alpha value is -1.84. The van der Waals surface area contributed by atoms with Crippen LogP contribution >= 0.6 is 0 Å². The molecule has 0 aliphatic heterocycles. The molecule has 1 amide bonds. The minimum absolute atomic E-state index is 0.0775. The van der Waals surface area contributed by atoms with Crippen LogP contribution in [0.25, 0.3) is 0 Å². The predicted molar refractivity (Wildman–Crippen MR) is 82.6 cm³/mol. The lowest BCUT2D eigenvalue weighted by molar-refractivity contribution is -0.323. The zero-order valence-electron chi connectivity index (χ0n) is 13.7. The molecule has 1 saturated carbocycles. The van der Waals surface area contributed by atoms with Crippen molar-refractivity contribution in [2.75, 3.05) is 0 Å². The second kappa shape index (κ2) is 5.75. The number of hydrogen-bond donors (Lipinski definition) is 1. The minimum Gasteiger partial charge on any atom is -0.550 e. The van der Waals surface area contributed by atoms with E-state index in [-0.39, 0.29) is 17.9 Å². The summed E-state index contributed by atoms with van der Waals surface area (Å²) in [5.74, 6) is -1.46. The first kappa shape index (κ1) is 16.5. The van der Waals surface area contributed by atoms with Crippen LogP contribution in [0.4, 0.5) is 0 Å². The van der Waals surface area contributed by atoms with Gasteiger partial charge < -0.3 is 15.2 Å². The third kappa shape index (κ3) is 2.62. The molecule has 1 fully saturated rings. The van der Waals surface area contributed by atoms with Gasteiger partial charge in [-0.25, -0.2) is 0 Å². The minimum atomic E-state index is -1.07. The number of carboxylic acids is 1. The van der Waals surface area contributed by atoms with Crippen LogP contribution in [-0.2, 0) is 9.59 Å². The first-order chi connectivity index (χ1) is 10.2. The topological polar surface area (TPSA) is 69.2 Å². The van der Waals surface area contributed by atoms with Gasteiger partial charge in [0.1, 0.15) is 0 Å². The third-order valence-electron chi connectivity index (χ3n) is 5.65. The van der Waals surface area contributed by atoms with E-state index in [4.69, 9.17) is 0 Å². The summed E-state index contributed by atoms with van der Waals surface area (Å²) >= 11 is 0. The summed E-state index contributed by atoms with van der Waals surface area (Å²) in [4.78, 5) is 24.1. The van der Waals surface area contributed by atoms with E-state index in [1.54, 1.807) is 6.92 Å². The van der Waals surface area contributed by atoms with Crippen molar-refractivity contribution in [3.63, 3.8) is 0 Å². The first-order valence-electron chi connectivity index (χ1n) is 7.77. The molecule has 0 heterocycles. The first-order valence-corrected chi connectivity index (χ1v) is 7.77. The molecule has 0 unspecified atom stereocenters. The second-order valence-electron chi connectivity index (χ2n) is 7.07. The summed E-state index contributed by atoms with van der Waals surface area (Å²) in [6.07, 6.45) is 1.05. The number of rotatable bonds is 4. The van der Waals surface area contributed by atoms with Crippen molar-refractivity contribution in [3.05, 3.63) is 35.9 Å². The van der Waals surface area contributed by atoms with Crippen molar-refractivity contribution in [1.82, 2.24) is 5.32 Å². The number of aliphatic carboxylic acids is 1. The highest BCUT2D eigenvalue weighted by molar-refractivity contribution is 5.83. The number of carbonyl (C=O) groups excluding carboxylic acids is 2. The molecule has 1 aromatic carbocycles. The van der Waals surface area contributed by atoms with E-state index >= 15 is 0 Å². The van der Waals surface area contributed by atoms with Gasteiger partial charge in [0.25, 0.3) is 0 Å². The molecule has 0 aromatic heterocycles. The summed E-state index contributed by atoms with van der Waals surface area (Å²) in [6, 6.07) is 9.64. The maximum absolute atomic E-state index is 12.6. The van der Waals surface area contributed by atoms with Crippen LogP contribution in [0, 0.1) is 16.7 Å². The number of amides is 1. The maximum Gasteiger partial charge on any atom is 0.224 e. The molecule has 2 rings (SSSR count). The van der Waals surface area contributed by atoms with Crippen molar-refractivity contribution in [1.29, 1.82) is 0 Å². The van der Waals surface area contributed by atoms with Crippen LogP contribution in [0.5, 0.6) is 0 Å². The van der Waals surface area contributed by atoms with E-state index in [2.05, 4.69) is 5.32 Å². The van der Waals surface area contributed by atoms with E-state index < -0.39 is 16.8 Å². The van der Waals surface area contributed by atoms with E-state index in [0.29, 0.717) is 12.8 Å². The Morgan fingerprint density at radius 3 is 2.32 bits per heavy atom. The van der Waals surface area contributed by atoms with E-state index in [1.165, 1.54) is 0 Å². The monoisotopic (exact) mass is 302 g/mol. The summed E-state index contributed by atoms with van der Waals surface area (Å²) in [7, 11) is 0. The highest BCUT2D eigenvalue weighted by atomic mass is 16.4. The van der Waals surface area contributed by atoms with Gasteiger partial charge in [-0.05, 0) is 30.7 Å². The van der Waals surface area contributed by atoms with Crippen LogP contribution < -0.4 is 10.4 Å². The van der Waals surface area contributed by atoms with E-state index in [1.807, 2.05) is 51.1 Å². The molecule has 0 bridgehead atoms. The quantitative estimate of drug-likeness (QED) is 0.925. The average molecular weight is 302 g/mol. The normalized spacial score (nSPS) is 28.1. The number of benzene rings is 1. The highest BCUT2D eigenvalue weighted by Gasteiger charge is 2.54. The molecule has 0 saturated heterocycles. The van der Waals surface area contributed by atoms with Crippen molar-refractivity contribution >= 4 is 11.9 Å². The Bertz CT molecular complexity index is 567. The standard InChI is InChI=1S/C18H25NO3/c1-12(13-8-6-5-7-9-13)19-15(20)14-10-11-18(4,16(21)22)17(14,2)3/h5-9,12,14H,10-11H2,1-4H3,(H,19,20)(H,21,22)/p-1/t12-,14-,18-/m0/s1. The second-order valence-corrected chi connectivity index (χ2v) is 7.07. The van der Waals surface area contributed by atoms with Crippen LogP contribution in [0.3, 0.4) is 0 Å². The fraction of sp³-hybridized carbons (Fsp3) is 0.556. The number of carboxylic acid groups (broad SMARTS) is 1. The molecule has 4 heteroatoms. The van der Waals surface area contributed by atoms with Gasteiger partial charge in [0.15, 0.2) is 0 Å². The van der Waals surface area contributed by atoms with Crippen molar-refractivity contribution in [2.45, 2.75) is 46.6 Å². The lowest BCUT2D eigenvalue weighted by Crippen LogP contribution is -2.50. The fourth-order valence-corrected chi connectivity index (χ4v) is 3.46. The highest BCUT2D eigenvalue weighted by Crippen LogP contribution is 2.55. The lowest BCUT2D eigenvalue weighted by Gasteiger charge is -2.42. The molecule has 1 N–H and O–H groups in total. The molecule has 3 atom stereocenters. The van der Waals surface area contributed by atoms with Gasteiger partial charge in [0.05, 0.1) is 6.04 Å². The largest absolute Gasteiger partial charge is 0.550 e. The zero-order valence-corrected chi connectivity index (χ0v) is 13.7. The zero-order chi connectivity index (χ0) is 16.5. The lowest BCUT2D eigenvalue weighted by atomic mass is 9.65. The Morgan fingerprint density at radius 1 is 1.23 bits per heavy atom. The van der Waals surface area contributed by atoms with Crippen LogP contribution in [0.2, 0.25) is 0 Å². The van der Waals surface area contributed by atoms with E-state index in [9.17, 15) is 14.7 Å². The predicted octanol–water partition coefficient (Wildman–Crippen LogP) is 2.06. The summed E-state index contributed by atoms with van der Waals surface area (Å²) in [5.41, 5.74) is -0.563. The van der Waals surface area contributed by atoms with E-state index in [0.717, 1.165) is 5.56 Å². The van der Waals surface area contributed by atoms with Gasteiger partial charge in [-0.1, -0.05) is 51.1 Å². The van der Waals surface area contributed by atoms with Gasteiger partial charge in [-0.2, -0.15) is 0 Å². The van der Waals surface area contributed by atoms with Crippen molar-refractivity contribution in [3.8, 4) is 0 Å². The van der Waals surface area contributed by atoms with Gasteiger partial charge in [0, 0.05) is 17.3 Å². The van der Waals surface area contributed by atoms with Crippen LogP contribution in [0.1, 0.15) is 52.1 Å². The average Bonchev–Trinajstić information content (AvgIpc) is 2.71. The smallest absolute Gasteiger partial charge is 0.224 e. The third-order valence-corrected chi connectivity index (χ3v) is 5.65. The summed E-state index contributed by atoms with van der Waals surface area (Å²) in [6.45, 7) is 7.34. The Balaban J connectivity index is 2.13. The molecular formula is C18H24NO3-. The molecule has 4 nitrogen and oxygen atoms in total. The molecule has 1 aliphatic rings. The van der Waals surface area contributed by atoms with Gasteiger partial charge >= 0.3 is 0 Å². The molecule has 0 radical (unpaired) electrons. The SMILES string of the molecule is C[C@H](NC(=O)[C@@H]1CC[C@@](C)(C(=O)[O-])C1(C)C)c1ccccc1. The molecule has 120 valence electrons. The number of hydrogen-bond acceptors (Lipinski definition) is 3. The van der Waals surface area contributed by atoms with Crippen molar-refractivity contribution in [2.24, 2.45) is 16.7 Å². The Kier molecular flexibility index (Phi) is 4.32. The summed E-state index contributed by atoms with van der Waals surface area (Å²) < 4.78 is 0. The molecule has 1 aromatic rings. The van der Waals surface area contributed by atoms with Gasteiger partial charge in [-0.15, -0.1) is 0 Å². The fourth-order valence-electron chi connectivity index (χ4n) is 3.46. The molecule has 1 aliphatic carbocycles. The summed E-state index contributed by atoms with van der Waals surface area (Å²) in [5, 5.41) is 14.5. The van der Waals surface area contributed by atoms with Gasteiger partial charge in [-0.3, -0.25) is 4.79 Å². The van der Waals surface area contributed by atoms with Gasteiger partial charge in [0.2, 0.25) is 5.91 Å². The number of carbonyl (C=O) groups is 2.